The van der Waals surface area contributed by atoms with Crippen molar-refractivity contribution in [3.05, 3.63) is 47.7 Å². The zero-order valence-electron chi connectivity index (χ0n) is 13.9. The number of aromatic nitrogens is 1. The van der Waals surface area contributed by atoms with E-state index in [-0.39, 0.29) is 10.5 Å². The fourth-order valence-electron chi connectivity index (χ4n) is 2.06. The Hall–Kier alpha value is -2.72. The molecular formula is C15H18N4O5S. The predicted octanol–water partition coefficient (Wildman–Crippen LogP) is 0.373. The number of likely N-dealkylation sites (N-methyl/N-ethyl adjacent to an activating group) is 1. The van der Waals surface area contributed by atoms with Crippen LogP contribution in [-0.2, 0) is 14.8 Å². The molecule has 0 saturated carbocycles. The van der Waals surface area contributed by atoms with E-state index in [1.54, 1.807) is 13.8 Å². The maximum absolute atomic E-state index is 12.3. The van der Waals surface area contributed by atoms with Crippen molar-refractivity contribution in [2.24, 2.45) is 0 Å². The SMILES string of the molecule is Cc1cc(C(=O)NNC(=O)CN(C)S(=O)(=O)c2cccnc2)c(C)o1. The second-order valence-corrected chi connectivity index (χ2v) is 7.32. The molecule has 134 valence electrons. The maximum atomic E-state index is 12.3. The lowest BCUT2D eigenvalue weighted by atomic mass is 10.2. The molecule has 25 heavy (non-hydrogen) atoms. The number of nitrogens with zero attached hydrogens (tertiary/aromatic N) is 2. The van der Waals surface area contributed by atoms with Crippen LogP contribution in [0.2, 0.25) is 0 Å². The Labute approximate surface area is 145 Å². The van der Waals surface area contributed by atoms with Crippen LogP contribution in [0, 0.1) is 13.8 Å². The fraction of sp³-hybridized carbons (Fsp3) is 0.267. The van der Waals surface area contributed by atoms with Crippen molar-refractivity contribution < 1.29 is 22.4 Å². The van der Waals surface area contributed by atoms with Crippen LogP contribution in [0.25, 0.3) is 0 Å². The van der Waals surface area contributed by atoms with Crippen LogP contribution in [0.5, 0.6) is 0 Å². The van der Waals surface area contributed by atoms with Gasteiger partial charge in [0.15, 0.2) is 0 Å². The first-order chi connectivity index (χ1) is 11.7. The summed E-state index contributed by atoms with van der Waals surface area (Å²) in [6.45, 7) is 2.85. The molecule has 0 saturated heterocycles. The van der Waals surface area contributed by atoms with Crippen LogP contribution < -0.4 is 10.9 Å². The monoisotopic (exact) mass is 366 g/mol. The number of sulfonamides is 1. The second-order valence-electron chi connectivity index (χ2n) is 5.28. The van der Waals surface area contributed by atoms with E-state index < -0.39 is 28.4 Å². The molecule has 2 amide bonds. The van der Waals surface area contributed by atoms with E-state index in [4.69, 9.17) is 4.42 Å². The fourth-order valence-corrected chi connectivity index (χ4v) is 3.15. The molecule has 0 radical (unpaired) electrons. The normalized spacial score (nSPS) is 11.4. The minimum Gasteiger partial charge on any atom is -0.466 e. The average molecular weight is 366 g/mol. The number of nitrogens with one attached hydrogen (secondary N) is 2. The number of rotatable bonds is 5. The van der Waals surface area contributed by atoms with Crippen LogP contribution in [0.4, 0.5) is 0 Å². The predicted molar refractivity (Wildman–Crippen MR) is 87.8 cm³/mol. The zero-order valence-corrected chi connectivity index (χ0v) is 14.8. The largest absolute Gasteiger partial charge is 0.466 e. The highest BCUT2D eigenvalue weighted by Gasteiger charge is 2.23. The van der Waals surface area contributed by atoms with Crippen molar-refractivity contribution in [2.45, 2.75) is 18.7 Å². The lowest BCUT2D eigenvalue weighted by Gasteiger charge is -2.16. The molecule has 2 aromatic rings. The molecule has 0 aliphatic rings. The third kappa shape index (κ3) is 4.43. The van der Waals surface area contributed by atoms with Crippen molar-refractivity contribution >= 4 is 21.8 Å². The van der Waals surface area contributed by atoms with Gasteiger partial charge in [0.05, 0.1) is 12.1 Å². The summed E-state index contributed by atoms with van der Waals surface area (Å²) in [5.74, 6) is -0.265. The highest BCUT2D eigenvalue weighted by Crippen LogP contribution is 2.13. The summed E-state index contributed by atoms with van der Waals surface area (Å²) < 4.78 is 30.7. The minimum absolute atomic E-state index is 0.0289. The van der Waals surface area contributed by atoms with Gasteiger partial charge in [0.25, 0.3) is 11.8 Å². The molecule has 9 nitrogen and oxygen atoms in total. The molecule has 0 fully saturated rings. The Morgan fingerprint density at radius 2 is 2.00 bits per heavy atom. The van der Waals surface area contributed by atoms with Crippen molar-refractivity contribution in [1.29, 1.82) is 0 Å². The van der Waals surface area contributed by atoms with Crippen LogP contribution in [0.3, 0.4) is 0 Å². The summed E-state index contributed by atoms with van der Waals surface area (Å²) in [5, 5.41) is 0. The van der Waals surface area contributed by atoms with Gasteiger partial charge in [0.2, 0.25) is 10.0 Å². The van der Waals surface area contributed by atoms with E-state index >= 15 is 0 Å². The van der Waals surface area contributed by atoms with Gasteiger partial charge in [-0.05, 0) is 32.0 Å². The molecule has 0 atom stereocenters. The summed E-state index contributed by atoms with van der Waals surface area (Å²) in [6.07, 6.45) is 2.64. The standard InChI is InChI=1S/C15H18N4O5S/c1-10-7-13(11(2)24-10)15(21)18-17-14(20)9-19(3)25(22,23)12-5-4-6-16-8-12/h4-8H,9H2,1-3H3,(H,17,20)(H,18,21). The third-order valence-corrected chi connectivity index (χ3v) is 5.10. The smallest absolute Gasteiger partial charge is 0.273 e. The number of hydrogen-bond acceptors (Lipinski definition) is 6. The molecular weight excluding hydrogens is 348 g/mol. The number of furan rings is 1. The Morgan fingerprint density at radius 3 is 2.56 bits per heavy atom. The van der Waals surface area contributed by atoms with Gasteiger partial charge < -0.3 is 4.42 Å². The van der Waals surface area contributed by atoms with Gasteiger partial charge in [-0.15, -0.1) is 0 Å². The Kier molecular flexibility index (Phi) is 5.55. The Morgan fingerprint density at radius 1 is 1.28 bits per heavy atom. The van der Waals surface area contributed by atoms with Gasteiger partial charge >= 0.3 is 0 Å². The first-order valence-corrected chi connectivity index (χ1v) is 8.68. The molecule has 2 rings (SSSR count). The second kappa shape index (κ2) is 7.45. The lowest BCUT2D eigenvalue weighted by molar-refractivity contribution is -0.121. The van der Waals surface area contributed by atoms with Crippen LogP contribution in [0.15, 0.2) is 39.9 Å². The first-order valence-electron chi connectivity index (χ1n) is 7.24. The van der Waals surface area contributed by atoms with E-state index in [0.29, 0.717) is 11.5 Å². The summed E-state index contributed by atoms with van der Waals surface area (Å²) in [6, 6.07) is 4.40. The number of aryl methyl sites for hydroxylation is 2. The van der Waals surface area contributed by atoms with E-state index in [1.165, 1.54) is 37.6 Å². The van der Waals surface area contributed by atoms with Crippen molar-refractivity contribution in [3.63, 3.8) is 0 Å². The topological polar surface area (TPSA) is 122 Å². The third-order valence-electron chi connectivity index (χ3n) is 3.31. The zero-order chi connectivity index (χ0) is 18.6. The van der Waals surface area contributed by atoms with Gasteiger partial charge in [-0.25, -0.2) is 8.42 Å². The van der Waals surface area contributed by atoms with Crippen molar-refractivity contribution in [1.82, 2.24) is 20.1 Å². The summed E-state index contributed by atoms with van der Waals surface area (Å²) in [7, 11) is -2.59. The maximum Gasteiger partial charge on any atom is 0.273 e. The molecule has 0 bridgehead atoms. The minimum atomic E-state index is -3.85. The van der Waals surface area contributed by atoms with E-state index in [1.807, 2.05) is 0 Å². The summed E-state index contributed by atoms with van der Waals surface area (Å²) >= 11 is 0. The summed E-state index contributed by atoms with van der Waals surface area (Å²) in [4.78, 5) is 27.6. The van der Waals surface area contributed by atoms with E-state index in [2.05, 4.69) is 15.8 Å². The number of hydrogen-bond donors (Lipinski definition) is 2. The molecule has 2 heterocycles. The number of hydrazine groups is 1. The first kappa shape index (κ1) is 18.6. The van der Waals surface area contributed by atoms with Gasteiger partial charge in [0, 0.05) is 19.4 Å². The molecule has 0 aliphatic carbocycles. The molecule has 0 aromatic carbocycles. The molecule has 0 unspecified atom stereocenters. The average Bonchev–Trinajstić information content (AvgIpc) is 2.91. The van der Waals surface area contributed by atoms with E-state index in [9.17, 15) is 18.0 Å². The number of carbonyl (C=O) groups is 2. The van der Waals surface area contributed by atoms with Crippen LogP contribution in [-0.4, -0.2) is 43.1 Å². The number of amides is 2. The van der Waals surface area contributed by atoms with Gasteiger partial charge in [-0.1, -0.05) is 0 Å². The number of carbonyl (C=O) groups excluding carboxylic acids is 2. The molecule has 10 heteroatoms. The number of pyridine rings is 1. The molecule has 2 aromatic heterocycles. The quantitative estimate of drug-likeness (QED) is 0.738. The van der Waals surface area contributed by atoms with Crippen LogP contribution in [0.1, 0.15) is 21.9 Å². The van der Waals surface area contributed by atoms with Crippen LogP contribution >= 0.6 is 0 Å². The van der Waals surface area contributed by atoms with Gasteiger partial charge in [0.1, 0.15) is 16.4 Å². The highest BCUT2D eigenvalue weighted by atomic mass is 32.2. The molecule has 2 N–H and O–H groups in total. The van der Waals surface area contributed by atoms with Gasteiger partial charge in [-0.3, -0.25) is 25.4 Å². The van der Waals surface area contributed by atoms with Crippen molar-refractivity contribution in [3.8, 4) is 0 Å². The summed E-state index contributed by atoms with van der Waals surface area (Å²) in [5.41, 5.74) is 4.67. The lowest BCUT2D eigenvalue weighted by Crippen LogP contribution is -2.46. The van der Waals surface area contributed by atoms with Crippen molar-refractivity contribution in [2.75, 3.05) is 13.6 Å². The molecule has 0 aliphatic heterocycles. The van der Waals surface area contributed by atoms with Gasteiger partial charge in [-0.2, -0.15) is 4.31 Å². The van der Waals surface area contributed by atoms with E-state index in [0.717, 1.165) is 4.31 Å². The Bertz CT molecular complexity index is 877. The molecule has 0 spiro atoms. The Balaban J connectivity index is 1.94. The highest BCUT2D eigenvalue weighted by molar-refractivity contribution is 7.89.